The normalized spacial score (nSPS) is 10.6. The summed E-state index contributed by atoms with van der Waals surface area (Å²) in [5.41, 5.74) is 1.33. The van der Waals surface area contributed by atoms with E-state index in [9.17, 15) is 0 Å². The first-order valence-electron chi connectivity index (χ1n) is 6.72. The van der Waals surface area contributed by atoms with Crippen molar-refractivity contribution in [3.05, 3.63) is 61.2 Å². The first kappa shape index (κ1) is 14.4. The molecule has 2 aromatic rings. The fourth-order valence-electron chi connectivity index (χ4n) is 1.65. The summed E-state index contributed by atoms with van der Waals surface area (Å²) < 4.78 is 8.58. The van der Waals surface area contributed by atoms with Crippen LogP contribution in [0.4, 0.5) is 0 Å². The number of hydrogen-bond acceptors (Lipinski definition) is 1. The van der Waals surface area contributed by atoms with E-state index < -0.39 is 0 Å². The molecule has 0 spiro atoms. The van der Waals surface area contributed by atoms with Crippen LogP contribution in [-0.2, 0) is 0 Å². The number of rotatable bonds is 6. The molecule has 0 aliphatic rings. The number of halogens is 1. The van der Waals surface area contributed by atoms with Gasteiger partial charge in [-0.25, -0.2) is 0 Å². The Morgan fingerprint density at radius 3 is 2.05 bits per heavy atom. The maximum absolute atomic E-state index is 5.68. The van der Waals surface area contributed by atoms with Crippen LogP contribution in [0.25, 0.3) is 0 Å². The molecule has 0 saturated heterocycles. The van der Waals surface area contributed by atoms with Crippen LogP contribution in [0.15, 0.2) is 48.5 Å². The van der Waals surface area contributed by atoms with Crippen molar-refractivity contribution in [2.45, 2.75) is 26.7 Å². The van der Waals surface area contributed by atoms with Crippen LogP contribution < -0.4 is 25.9 Å². The predicted molar refractivity (Wildman–Crippen MR) is 75.4 cm³/mol. The Bertz CT molecular complexity index is 488. The van der Waals surface area contributed by atoms with Crippen molar-refractivity contribution in [3.63, 3.8) is 0 Å². The standard InChI is InChI=1S/C17H20IO/c1-3-4-13-19-17-11-9-16(10-12-17)18-15-7-5-14(2)6-8-15/h5-12H,3-4,13H2,1-2H3/q-1. The molecule has 102 valence electrons. The number of aryl methyl sites for hydroxylation is 1. The van der Waals surface area contributed by atoms with Gasteiger partial charge < -0.3 is 0 Å². The molecule has 0 saturated carbocycles. The Hall–Kier alpha value is -1.03. The number of benzene rings is 2. The van der Waals surface area contributed by atoms with Crippen molar-refractivity contribution in [1.29, 1.82) is 0 Å². The van der Waals surface area contributed by atoms with Crippen LogP contribution in [0, 0.1) is 14.1 Å². The zero-order valence-electron chi connectivity index (χ0n) is 11.5. The molecule has 0 N–H and O–H groups in total. The van der Waals surface area contributed by atoms with Gasteiger partial charge in [-0.2, -0.15) is 0 Å². The minimum absolute atomic E-state index is 0.0692. The maximum atomic E-state index is 5.68. The Labute approximate surface area is 126 Å². The van der Waals surface area contributed by atoms with E-state index in [1.54, 1.807) is 0 Å². The Kier molecular flexibility index (Phi) is 5.70. The van der Waals surface area contributed by atoms with E-state index in [1.807, 2.05) is 0 Å². The van der Waals surface area contributed by atoms with Gasteiger partial charge in [-0.1, -0.05) is 0 Å². The van der Waals surface area contributed by atoms with Crippen LogP contribution in [0.3, 0.4) is 0 Å². The fraction of sp³-hybridized carbons (Fsp3) is 0.294. The van der Waals surface area contributed by atoms with E-state index in [0.717, 1.165) is 18.8 Å². The van der Waals surface area contributed by atoms with Gasteiger partial charge in [0.15, 0.2) is 0 Å². The van der Waals surface area contributed by atoms with Gasteiger partial charge >= 0.3 is 126 Å². The first-order valence-corrected chi connectivity index (χ1v) is 8.88. The SMILES string of the molecule is CCCCOc1ccc([I-]c2ccc(C)cc2)cc1. The van der Waals surface area contributed by atoms with E-state index >= 15 is 0 Å². The second-order valence-corrected chi connectivity index (χ2v) is 7.58. The summed E-state index contributed by atoms with van der Waals surface area (Å²) in [4.78, 5) is 0. The molecule has 0 amide bonds. The molecule has 0 fully saturated rings. The molecule has 0 aliphatic carbocycles. The first-order chi connectivity index (χ1) is 9.28. The average Bonchev–Trinajstić information content (AvgIpc) is 2.44. The molecule has 0 aliphatic heterocycles. The second kappa shape index (κ2) is 7.53. The zero-order valence-corrected chi connectivity index (χ0v) is 13.7. The van der Waals surface area contributed by atoms with Gasteiger partial charge in [0, 0.05) is 0 Å². The van der Waals surface area contributed by atoms with Gasteiger partial charge in [0.05, 0.1) is 0 Å². The fourth-order valence-corrected chi connectivity index (χ4v) is 3.81. The molecule has 2 heteroatoms. The van der Waals surface area contributed by atoms with Gasteiger partial charge in [-0.15, -0.1) is 0 Å². The molecular formula is C17H20IO-. The van der Waals surface area contributed by atoms with Gasteiger partial charge in [0.1, 0.15) is 0 Å². The summed E-state index contributed by atoms with van der Waals surface area (Å²) in [6.45, 7) is 5.13. The molecule has 2 aromatic carbocycles. The molecule has 1 nitrogen and oxygen atoms in total. The van der Waals surface area contributed by atoms with Gasteiger partial charge in [0.2, 0.25) is 0 Å². The zero-order chi connectivity index (χ0) is 13.5. The molecule has 0 heterocycles. The van der Waals surface area contributed by atoms with Gasteiger partial charge in [-0.3, -0.25) is 0 Å². The summed E-state index contributed by atoms with van der Waals surface area (Å²) in [6, 6.07) is 17.5. The van der Waals surface area contributed by atoms with Crippen LogP contribution in [0.2, 0.25) is 0 Å². The van der Waals surface area contributed by atoms with Gasteiger partial charge in [-0.05, 0) is 0 Å². The van der Waals surface area contributed by atoms with E-state index in [2.05, 4.69) is 62.4 Å². The number of hydrogen-bond donors (Lipinski definition) is 0. The van der Waals surface area contributed by atoms with Crippen molar-refractivity contribution < 1.29 is 25.9 Å². The molecule has 0 unspecified atom stereocenters. The van der Waals surface area contributed by atoms with Gasteiger partial charge in [0.25, 0.3) is 0 Å². The summed E-state index contributed by atoms with van der Waals surface area (Å²) >= 11 is -0.0692. The predicted octanol–water partition coefficient (Wildman–Crippen LogP) is 1.30. The minimum atomic E-state index is -0.0692. The molecule has 0 bridgehead atoms. The van der Waals surface area contributed by atoms with Crippen molar-refractivity contribution in [2.75, 3.05) is 6.61 Å². The average molecular weight is 367 g/mol. The third-order valence-corrected chi connectivity index (χ3v) is 5.49. The van der Waals surface area contributed by atoms with Crippen molar-refractivity contribution in [2.24, 2.45) is 0 Å². The number of ether oxygens (including phenoxy) is 1. The molecule has 2 rings (SSSR count). The van der Waals surface area contributed by atoms with E-state index in [4.69, 9.17) is 4.74 Å². The van der Waals surface area contributed by atoms with Crippen LogP contribution in [0.1, 0.15) is 25.3 Å². The Morgan fingerprint density at radius 2 is 1.47 bits per heavy atom. The topological polar surface area (TPSA) is 9.23 Å². The van der Waals surface area contributed by atoms with E-state index in [-0.39, 0.29) is 21.2 Å². The molecule has 0 atom stereocenters. The van der Waals surface area contributed by atoms with Crippen LogP contribution in [-0.4, -0.2) is 6.61 Å². The Balaban J connectivity index is 1.92. The molecule has 0 radical (unpaired) electrons. The van der Waals surface area contributed by atoms with Crippen molar-refractivity contribution >= 4 is 0 Å². The summed E-state index contributed by atoms with van der Waals surface area (Å²) in [7, 11) is 0. The van der Waals surface area contributed by atoms with Crippen molar-refractivity contribution in [1.82, 2.24) is 0 Å². The molecule has 0 aromatic heterocycles. The van der Waals surface area contributed by atoms with Crippen LogP contribution in [0.5, 0.6) is 5.75 Å². The van der Waals surface area contributed by atoms with E-state index in [0.29, 0.717) is 0 Å². The quantitative estimate of drug-likeness (QED) is 0.553. The Morgan fingerprint density at radius 1 is 0.895 bits per heavy atom. The second-order valence-electron chi connectivity index (χ2n) is 4.55. The molecular weight excluding hydrogens is 347 g/mol. The summed E-state index contributed by atoms with van der Waals surface area (Å²) in [6.07, 6.45) is 2.30. The third-order valence-electron chi connectivity index (χ3n) is 2.81. The summed E-state index contributed by atoms with van der Waals surface area (Å²) in [5.74, 6) is 0.991. The number of unbranched alkanes of at least 4 members (excludes halogenated alkanes) is 1. The third kappa shape index (κ3) is 4.86. The monoisotopic (exact) mass is 367 g/mol. The van der Waals surface area contributed by atoms with Crippen LogP contribution >= 0.6 is 0 Å². The van der Waals surface area contributed by atoms with Crippen molar-refractivity contribution in [3.8, 4) is 5.75 Å². The molecule has 19 heavy (non-hydrogen) atoms. The van der Waals surface area contributed by atoms with E-state index in [1.165, 1.54) is 19.1 Å². The summed E-state index contributed by atoms with van der Waals surface area (Å²) in [5, 5.41) is 0.